The second-order valence-electron chi connectivity index (χ2n) is 7.06. The first-order valence-corrected chi connectivity index (χ1v) is 9.24. The molecule has 1 amide bonds. The maximum atomic E-state index is 12.8. The van der Waals surface area contributed by atoms with Gasteiger partial charge in [0.25, 0.3) is 5.91 Å². The first kappa shape index (κ1) is 16.8. The molecule has 1 aromatic rings. The summed E-state index contributed by atoms with van der Waals surface area (Å²) in [4.78, 5) is 14.8. The number of amides is 1. The minimum atomic E-state index is 0.0944. The minimum absolute atomic E-state index is 0.0944. The predicted molar refractivity (Wildman–Crippen MR) is 95.0 cm³/mol. The number of piperidine rings is 1. The summed E-state index contributed by atoms with van der Waals surface area (Å²) in [7, 11) is 0. The van der Waals surface area contributed by atoms with Gasteiger partial charge < -0.3 is 15.0 Å². The summed E-state index contributed by atoms with van der Waals surface area (Å²) in [5.41, 5.74) is 1.13. The van der Waals surface area contributed by atoms with Crippen molar-refractivity contribution in [2.45, 2.75) is 39.2 Å². The van der Waals surface area contributed by atoms with Crippen molar-refractivity contribution >= 4 is 21.8 Å². The van der Waals surface area contributed by atoms with Crippen molar-refractivity contribution in [2.75, 3.05) is 26.2 Å². The van der Waals surface area contributed by atoms with E-state index in [0.29, 0.717) is 11.0 Å². The molecule has 2 saturated heterocycles. The third kappa shape index (κ3) is 3.89. The molecule has 5 heteroatoms. The highest BCUT2D eigenvalue weighted by Crippen LogP contribution is 2.37. The fourth-order valence-corrected chi connectivity index (χ4v) is 4.09. The fourth-order valence-electron chi connectivity index (χ4n) is 3.62. The van der Waals surface area contributed by atoms with E-state index < -0.39 is 0 Å². The van der Waals surface area contributed by atoms with Crippen LogP contribution in [0.4, 0.5) is 0 Å². The average molecular weight is 381 g/mol. The van der Waals surface area contributed by atoms with E-state index in [4.69, 9.17) is 4.74 Å². The first-order valence-electron chi connectivity index (χ1n) is 8.45. The largest absolute Gasteiger partial charge is 0.491 e. The highest BCUT2D eigenvalue weighted by Gasteiger charge is 2.38. The average Bonchev–Trinajstić information content (AvgIpc) is 2.94. The minimum Gasteiger partial charge on any atom is -0.491 e. The summed E-state index contributed by atoms with van der Waals surface area (Å²) in [6.07, 6.45) is 3.56. The van der Waals surface area contributed by atoms with Crippen LogP contribution in [0, 0.1) is 5.41 Å². The van der Waals surface area contributed by atoms with E-state index in [-0.39, 0.29) is 12.0 Å². The number of nitrogens with one attached hydrogen (secondary N) is 1. The van der Waals surface area contributed by atoms with Crippen LogP contribution in [0.3, 0.4) is 0 Å². The van der Waals surface area contributed by atoms with Crippen molar-refractivity contribution in [3.8, 4) is 5.75 Å². The molecule has 1 aromatic carbocycles. The van der Waals surface area contributed by atoms with Gasteiger partial charge in [0.15, 0.2) is 0 Å². The van der Waals surface area contributed by atoms with Crippen molar-refractivity contribution < 1.29 is 9.53 Å². The maximum absolute atomic E-state index is 12.8. The number of rotatable bonds is 3. The van der Waals surface area contributed by atoms with Gasteiger partial charge >= 0.3 is 0 Å². The van der Waals surface area contributed by atoms with Gasteiger partial charge in [-0.3, -0.25) is 4.79 Å². The van der Waals surface area contributed by atoms with Crippen LogP contribution in [0.15, 0.2) is 22.7 Å². The van der Waals surface area contributed by atoms with Crippen LogP contribution in [0.1, 0.15) is 43.5 Å². The van der Waals surface area contributed by atoms with E-state index in [1.165, 1.54) is 6.42 Å². The zero-order valence-electron chi connectivity index (χ0n) is 13.9. The van der Waals surface area contributed by atoms with Gasteiger partial charge in [-0.2, -0.15) is 0 Å². The van der Waals surface area contributed by atoms with Crippen LogP contribution in [0.25, 0.3) is 0 Å². The molecule has 0 aliphatic carbocycles. The Kier molecular flexibility index (Phi) is 4.97. The van der Waals surface area contributed by atoms with E-state index in [2.05, 4.69) is 21.2 Å². The Bertz CT molecular complexity index is 572. The Morgan fingerprint density at radius 2 is 2.00 bits per heavy atom. The van der Waals surface area contributed by atoms with Crippen LogP contribution in [0.5, 0.6) is 5.75 Å². The summed E-state index contributed by atoms with van der Waals surface area (Å²) in [6, 6.07) is 5.65. The molecule has 2 aliphatic heterocycles. The van der Waals surface area contributed by atoms with Crippen LogP contribution >= 0.6 is 15.9 Å². The van der Waals surface area contributed by atoms with Gasteiger partial charge in [-0.1, -0.05) is 15.9 Å². The van der Waals surface area contributed by atoms with Crippen LogP contribution in [0.2, 0.25) is 0 Å². The molecule has 2 aliphatic rings. The number of carbonyl (C=O) groups is 1. The molecule has 0 saturated carbocycles. The number of carbonyl (C=O) groups excluding carboxylic acids is 1. The molecule has 0 atom stereocenters. The molecule has 1 spiro atoms. The highest BCUT2D eigenvalue weighted by molar-refractivity contribution is 9.10. The molecule has 4 nitrogen and oxygen atoms in total. The molecule has 3 rings (SSSR count). The summed E-state index contributed by atoms with van der Waals surface area (Å²) in [6.45, 7) is 7.92. The van der Waals surface area contributed by atoms with Gasteiger partial charge in [-0.05, 0) is 63.3 Å². The Morgan fingerprint density at radius 1 is 1.26 bits per heavy atom. The summed E-state index contributed by atoms with van der Waals surface area (Å²) in [5.74, 6) is 0.854. The zero-order valence-corrected chi connectivity index (χ0v) is 15.5. The molecule has 23 heavy (non-hydrogen) atoms. The molecular weight excluding hydrogens is 356 g/mol. The van der Waals surface area contributed by atoms with Gasteiger partial charge in [0.2, 0.25) is 0 Å². The van der Waals surface area contributed by atoms with Gasteiger partial charge in [-0.15, -0.1) is 0 Å². The van der Waals surface area contributed by atoms with Crippen LogP contribution in [-0.2, 0) is 0 Å². The molecule has 0 aromatic heterocycles. The van der Waals surface area contributed by atoms with Crippen LogP contribution in [-0.4, -0.2) is 43.1 Å². The lowest BCUT2D eigenvalue weighted by atomic mass is 9.78. The second-order valence-corrected chi connectivity index (χ2v) is 7.98. The van der Waals surface area contributed by atoms with Crippen molar-refractivity contribution in [1.29, 1.82) is 0 Å². The third-order valence-electron chi connectivity index (χ3n) is 4.93. The third-order valence-corrected chi connectivity index (χ3v) is 5.39. The van der Waals surface area contributed by atoms with Crippen molar-refractivity contribution in [1.82, 2.24) is 10.2 Å². The number of hydrogen-bond acceptors (Lipinski definition) is 3. The first-order chi connectivity index (χ1) is 11.0. The number of likely N-dealkylation sites (tertiary alicyclic amines) is 1. The number of nitrogens with zero attached hydrogens (tertiary/aromatic N) is 1. The molecule has 126 valence electrons. The number of halogens is 1. The molecule has 0 radical (unpaired) electrons. The number of ether oxygens (including phenoxy) is 1. The lowest BCUT2D eigenvalue weighted by Crippen LogP contribution is -2.44. The molecule has 2 fully saturated rings. The fraction of sp³-hybridized carbons (Fsp3) is 0.611. The van der Waals surface area contributed by atoms with E-state index in [0.717, 1.165) is 49.2 Å². The SMILES string of the molecule is CC(C)Oc1cc(Br)cc(C(=O)N2CCC3(CCNC3)CC2)c1. The second kappa shape index (κ2) is 6.81. The molecular formula is C18H25BrN2O2. The topological polar surface area (TPSA) is 41.6 Å². The normalized spacial score (nSPS) is 20.3. The Hall–Kier alpha value is -1.07. The van der Waals surface area contributed by atoms with Gasteiger partial charge in [0.1, 0.15) is 5.75 Å². The standard InChI is InChI=1S/C18H25BrN2O2/c1-13(2)23-16-10-14(9-15(19)11-16)17(22)21-7-4-18(5-8-21)3-6-20-12-18/h9-11,13,20H,3-8,12H2,1-2H3. The molecule has 0 unspecified atom stereocenters. The monoisotopic (exact) mass is 380 g/mol. The Morgan fingerprint density at radius 3 is 2.61 bits per heavy atom. The van der Waals surface area contributed by atoms with E-state index in [9.17, 15) is 4.79 Å². The van der Waals surface area contributed by atoms with Gasteiger partial charge in [-0.25, -0.2) is 0 Å². The molecule has 1 N–H and O–H groups in total. The van der Waals surface area contributed by atoms with E-state index in [1.54, 1.807) is 0 Å². The highest BCUT2D eigenvalue weighted by atomic mass is 79.9. The lowest BCUT2D eigenvalue weighted by Gasteiger charge is -2.39. The molecule has 0 bridgehead atoms. The smallest absolute Gasteiger partial charge is 0.254 e. The number of hydrogen-bond donors (Lipinski definition) is 1. The summed E-state index contributed by atoms with van der Waals surface area (Å²) in [5, 5.41) is 3.47. The van der Waals surface area contributed by atoms with Crippen LogP contribution < -0.4 is 10.1 Å². The van der Waals surface area contributed by atoms with Crippen molar-refractivity contribution in [2.24, 2.45) is 5.41 Å². The van der Waals surface area contributed by atoms with Gasteiger partial charge in [0.05, 0.1) is 6.10 Å². The zero-order chi connectivity index (χ0) is 16.4. The van der Waals surface area contributed by atoms with E-state index >= 15 is 0 Å². The maximum Gasteiger partial charge on any atom is 0.254 e. The molecule has 2 heterocycles. The Balaban J connectivity index is 1.69. The lowest BCUT2D eigenvalue weighted by molar-refractivity contribution is 0.0607. The quantitative estimate of drug-likeness (QED) is 0.872. The van der Waals surface area contributed by atoms with E-state index in [1.807, 2.05) is 36.9 Å². The number of benzene rings is 1. The van der Waals surface area contributed by atoms with Gasteiger partial charge in [0, 0.05) is 29.7 Å². The van der Waals surface area contributed by atoms with Crippen molar-refractivity contribution in [3.05, 3.63) is 28.2 Å². The summed E-state index contributed by atoms with van der Waals surface area (Å²) >= 11 is 3.48. The Labute approximate surface area is 146 Å². The van der Waals surface area contributed by atoms with Crippen molar-refractivity contribution in [3.63, 3.8) is 0 Å². The summed E-state index contributed by atoms with van der Waals surface area (Å²) < 4.78 is 6.62. The predicted octanol–water partition coefficient (Wildman–Crippen LogP) is 3.45.